The quantitative estimate of drug-likeness (QED) is 0.214. The monoisotopic (exact) mass is 598 g/mol. The molecule has 2 N–H and O–H groups in total. The topological polar surface area (TPSA) is 24.1 Å². The van der Waals surface area contributed by atoms with Crippen molar-refractivity contribution < 1.29 is 0 Å². The first-order chi connectivity index (χ1) is 16.0. The van der Waals surface area contributed by atoms with Gasteiger partial charge in [0.1, 0.15) is 32.9 Å². The molecule has 6 heteroatoms. The molecule has 228 valence electrons. The lowest BCUT2D eigenvalue weighted by molar-refractivity contribution is 0.519. The third kappa shape index (κ3) is 7.87. The second kappa shape index (κ2) is 11.0. The molecule has 0 aliphatic heterocycles. The van der Waals surface area contributed by atoms with Crippen molar-refractivity contribution in [1.82, 2.24) is 9.30 Å². The van der Waals surface area contributed by atoms with Gasteiger partial charge in [-0.3, -0.25) is 0 Å². The van der Waals surface area contributed by atoms with Gasteiger partial charge in [0.2, 0.25) is 0 Å². The Kier molecular flexibility index (Phi) is 11.1. The lowest BCUT2D eigenvalue weighted by Gasteiger charge is -2.62. The van der Waals surface area contributed by atoms with Crippen LogP contribution in [0.3, 0.4) is 0 Å². The second-order valence-electron chi connectivity index (χ2n) is 20.1. The van der Waals surface area contributed by atoms with E-state index < -0.39 is 32.9 Å². The van der Waals surface area contributed by atoms with Crippen LogP contribution in [0.5, 0.6) is 0 Å². The van der Waals surface area contributed by atoms with Gasteiger partial charge in [0, 0.05) is 0 Å². The van der Waals surface area contributed by atoms with E-state index in [1.54, 1.807) is 0 Å². The van der Waals surface area contributed by atoms with Crippen LogP contribution in [-0.4, -0.2) is 32.9 Å². The molecule has 0 aliphatic carbocycles. The number of hydrogen-bond donors (Lipinski definition) is 2. The molecule has 0 rings (SSSR count). The largest absolute Gasteiger partial charge is 0.358 e. The average molecular weight is 599 g/mol. The maximum Gasteiger partial charge on any atom is 0.135 e. The number of allylic oxidation sites excluding steroid dienone is 1. The molecule has 0 fully saturated rings. The third-order valence-corrected chi connectivity index (χ3v) is 33.9. The maximum absolute atomic E-state index is 4.78. The predicted octanol–water partition coefficient (Wildman–Crippen LogP) is 11.8. The molecular weight excluding hydrogens is 525 g/mol. The molecule has 0 aromatic rings. The fourth-order valence-corrected chi connectivity index (χ4v) is 44.6. The van der Waals surface area contributed by atoms with Gasteiger partial charge in [-0.05, 0) is 42.3 Å². The molecular formula is C32H74N2Si4. The highest BCUT2D eigenvalue weighted by atomic mass is 28.4. The van der Waals surface area contributed by atoms with Crippen molar-refractivity contribution in [3.8, 4) is 0 Å². The molecule has 2 nitrogen and oxygen atoms in total. The Morgan fingerprint density at radius 1 is 0.421 bits per heavy atom. The lowest BCUT2D eigenvalue weighted by atomic mass is 10.2. The van der Waals surface area contributed by atoms with Gasteiger partial charge in [0.25, 0.3) is 0 Å². The number of nitrogens with one attached hydrogen (secondary N) is 2. The SMILES string of the molecule is C=C(C[Si](C)(C)N[Si](C(C)(C)C)(C(C)(C)C)C(C)(C)C)C[Si](C)(C)N[Si](C(C)(C)C)(C(C)(C)C)C(C)(C)C. The molecule has 0 aromatic heterocycles. The van der Waals surface area contributed by atoms with Crippen LogP contribution in [0.15, 0.2) is 12.2 Å². The summed E-state index contributed by atoms with van der Waals surface area (Å²) < 4.78 is 9.17. The summed E-state index contributed by atoms with van der Waals surface area (Å²) in [4.78, 5) is 0. The van der Waals surface area contributed by atoms with Gasteiger partial charge in [-0.25, -0.2) is 0 Å². The van der Waals surface area contributed by atoms with Crippen LogP contribution in [-0.2, 0) is 0 Å². The van der Waals surface area contributed by atoms with Crippen LogP contribution < -0.4 is 9.30 Å². The lowest BCUT2D eigenvalue weighted by Crippen LogP contribution is -2.75. The molecule has 38 heavy (non-hydrogen) atoms. The van der Waals surface area contributed by atoms with Crippen molar-refractivity contribution in [3.05, 3.63) is 12.2 Å². The molecule has 0 saturated carbocycles. The molecule has 0 atom stereocenters. The molecule has 0 amide bonds. The van der Waals surface area contributed by atoms with Gasteiger partial charge in [0.05, 0.1) is 0 Å². The highest BCUT2D eigenvalue weighted by Crippen LogP contribution is 2.62. The van der Waals surface area contributed by atoms with E-state index in [-0.39, 0.29) is 30.2 Å². The first-order valence-corrected chi connectivity index (χ1v) is 25.7. The minimum Gasteiger partial charge on any atom is -0.358 e. The Balaban J connectivity index is 6.37. The van der Waals surface area contributed by atoms with Gasteiger partial charge < -0.3 is 9.30 Å². The number of rotatable bonds is 8. The first kappa shape index (κ1) is 38.5. The summed E-state index contributed by atoms with van der Waals surface area (Å²) >= 11 is 0. The average Bonchev–Trinajstić information content (AvgIpc) is 2.49. The molecule has 0 radical (unpaired) electrons. The summed E-state index contributed by atoms with van der Waals surface area (Å²) in [5, 5.41) is 1.51. The van der Waals surface area contributed by atoms with E-state index in [9.17, 15) is 0 Å². The van der Waals surface area contributed by atoms with Crippen LogP contribution in [0.4, 0.5) is 0 Å². The molecule has 0 aromatic carbocycles. The van der Waals surface area contributed by atoms with Crippen LogP contribution in [0, 0.1) is 0 Å². The van der Waals surface area contributed by atoms with E-state index in [1.165, 1.54) is 5.57 Å². The van der Waals surface area contributed by atoms with Crippen molar-refractivity contribution in [2.45, 2.75) is 193 Å². The van der Waals surface area contributed by atoms with Crippen molar-refractivity contribution in [1.29, 1.82) is 0 Å². The van der Waals surface area contributed by atoms with Gasteiger partial charge >= 0.3 is 0 Å². The standard InChI is InChI=1S/C32H74N2Si4/c1-26(24-35(20,21)33-37(27(2,3)4,28(5,6)7)29(8,9)10)25-36(22,23)34-38(30(11,12)13,31(14,15)16)32(17,18)19/h33-34H,1,24-25H2,2-23H3. The molecule has 0 heterocycles. The highest BCUT2D eigenvalue weighted by Gasteiger charge is 2.63. The maximum atomic E-state index is 4.78. The van der Waals surface area contributed by atoms with E-state index >= 15 is 0 Å². The molecule has 0 spiro atoms. The fraction of sp³-hybridized carbons (Fsp3) is 0.938. The van der Waals surface area contributed by atoms with Crippen LogP contribution in [0.25, 0.3) is 0 Å². The van der Waals surface area contributed by atoms with E-state index in [2.05, 4.69) is 160 Å². The Labute approximate surface area is 246 Å². The van der Waals surface area contributed by atoms with Crippen molar-refractivity contribution in [3.63, 3.8) is 0 Å². The summed E-state index contributed by atoms with van der Waals surface area (Å²) in [5.41, 5.74) is 1.47. The van der Waals surface area contributed by atoms with Gasteiger partial charge in [-0.2, -0.15) is 0 Å². The van der Waals surface area contributed by atoms with Crippen molar-refractivity contribution in [2.75, 3.05) is 0 Å². The first-order valence-electron chi connectivity index (χ1n) is 15.3. The molecule has 0 saturated heterocycles. The van der Waals surface area contributed by atoms with Crippen LogP contribution in [0.1, 0.15) is 125 Å². The normalized spacial score (nSPS) is 16.2. The summed E-state index contributed by atoms with van der Waals surface area (Å²) in [6.45, 7) is 60.0. The zero-order valence-corrected chi connectivity index (χ0v) is 34.6. The Bertz CT molecular complexity index is 674. The van der Waals surface area contributed by atoms with E-state index in [4.69, 9.17) is 6.58 Å². The fourth-order valence-electron chi connectivity index (χ4n) is 10.3. The summed E-state index contributed by atoms with van der Waals surface area (Å²) in [5.74, 6) is 0. The van der Waals surface area contributed by atoms with E-state index in [1.807, 2.05) is 0 Å². The van der Waals surface area contributed by atoms with Crippen molar-refractivity contribution in [2.24, 2.45) is 0 Å². The van der Waals surface area contributed by atoms with Crippen LogP contribution in [0.2, 0.25) is 68.5 Å². The van der Waals surface area contributed by atoms with Gasteiger partial charge in [0.15, 0.2) is 0 Å². The van der Waals surface area contributed by atoms with E-state index in [0.717, 1.165) is 12.1 Å². The Morgan fingerprint density at radius 2 is 0.579 bits per heavy atom. The van der Waals surface area contributed by atoms with Crippen LogP contribution >= 0.6 is 0 Å². The minimum atomic E-state index is -2.00. The summed E-state index contributed by atoms with van der Waals surface area (Å²) in [6.07, 6.45) is 0. The number of hydrogen-bond acceptors (Lipinski definition) is 2. The molecule has 0 bridgehead atoms. The molecule has 0 aliphatic rings. The molecule has 0 unspecified atom stereocenters. The zero-order chi connectivity index (χ0) is 31.4. The highest BCUT2D eigenvalue weighted by molar-refractivity contribution is 6.98. The second-order valence-corrected chi connectivity index (χ2v) is 42.4. The summed E-state index contributed by atoms with van der Waals surface area (Å²) in [7, 11) is -7.56. The van der Waals surface area contributed by atoms with Gasteiger partial charge in [-0.15, -0.1) is 6.58 Å². The summed E-state index contributed by atoms with van der Waals surface area (Å²) in [6, 6.07) is 2.33. The zero-order valence-electron chi connectivity index (χ0n) is 30.6. The Hall–Kier alpha value is 0.528. The minimum absolute atomic E-state index is 0.252. The predicted molar refractivity (Wildman–Crippen MR) is 190 cm³/mol. The third-order valence-electron chi connectivity index (χ3n) is 9.19. The van der Waals surface area contributed by atoms with Gasteiger partial charge in [-0.1, -0.05) is 156 Å². The smallest absolute Gasteiger partial charge is 0.135 e. The Morgan fingerprint density at radius 3 is 0.711 bits per heavy atom. The van der Waals surface area contributed by atoms with E-state index in [0.29, 0.717) is 0 Å². The van der Waals surface area contributed by atoms with Crippen molar-refractivity contribution >= 4 is 32.9 Å².